The average Bonchev–Trinajstić information content (AvgIpc) is 2.54. The molecule has 1 aliphatic heterocycles. The highest BCUT2D eigenvalue weighted by atomic mass is 19.4. The van der Waals surface area contributed by atoms with Crippen LogP contribution >= 0.6 is 0 Å². The van der Waals surface area contributed by atoms with Crippen LogP contribution in [-0.4, -0.2) is 22.9 Å². The smallest absolute Gasteiger partial charge is 0.417 e. The Hall–Kier alpha value is -2.48. The molecule has 0 aliphatic carbocycles. The highest BCUT2D eigenvalue weighted by Gasteiger charge is 2.36. The number of aromatic hydroxyl groups is 2. The van der Waals surface area contributed by atoms with Gasteiger partial charge in [-0.1, -0.05) is 0 Å². The van der Waals surface area contributed by atoms with Crippen LogP contribution in [0.1, 0.15) is 17.5 Å². The van der Waals surface area contributed by atoms with Crippen molar-refractivity contribution in [3.05, 3.63) is 41.2 Å². The number of hydrogen-bond acceptors (Lipinski definition) is 4. The van der Waals surface area contributed by atoms with E-state index in [4.69, 9.17) is 10.5 Å². The van der Waals surface area contributed by atoms with E-state index in [1.807, 2.05) is 0 Å². The minimum atomic E-state index is -4.82. The van der Waals surface area contributed by atoms with Crippen LogP contribution in [0.3, 0.4) is 0 Å². The Balaban J connectivity index is 2.27. The fourth-order valence-electron chi connectivity index (χ4n) is 2.92. The first-order chi connectivity index (χ1) is 11.7. The van der Waals surface area contributed by atoms with Gasteiger partial charge in [0.1, 0.15) is 17.7 Å². The Kier molecular flexibility index (Phi) is 4.24. The molecule has 2 aromatic carbocycles. The summed E-state index contributed by atoms with van der Waals surface area (Å²) < 4.78 is 59.7. The summed E-state index contributed by atoms with van der Waals surface area (Å²) >= 11 is 0. The van der Waals surface area contributed by atoms with Gasteiger partial charge in [-0.05, 0) is 42.7 Å². The second-order valence-corrected chi connectivity index (χ2v) is 5.84. The Morgan fingerprint density at radius 3 is 2.40 bits per heavy atom. The molecule has 0 unspecified atom stereocenters. The standard InChI is InChI=1S/C17H15F4NO3/c18-9-3-8-1-2-10(7-22)25-16(8)12(4-9)11-5-14(23)15(24)6-13(11)17(19,20)21/h3-6,10,23-24H,1-2,7,22H2/t10-/m1/s1. The Bertz CT molecular complexity index is 821. The van der Waals surface area contributed by atoms with Crippen LogP contribution in [0.5, 0.6) is 17.2 Å². The van der Waals surface area contributed by atoms with Gasteiger partial charge in [0, 0.05) is 17.7 Å². The zero-order valence-electron chi connectivity index (χ0n) is 12.9. The highest BCUT2D eigenvalue weighted by molar-refractivity contribution is 5.78. The van der Waals surface area contributed by atoms with Crippen molar-refractivity contribution >= 4 is 0 Å². The van der Waals surface area contributed by atoms with Gasteiger partial charge in [0.25, 0.3) is 0 Å². The second-order valence-electron chi connectivity index (χ2n) is 5.84. The minimum absolute atomic E-state index is 0.110. The number of fused-ring (bicyclic) bond motifs is 1. The number of rotatable bonds is 2. The normalized spacial score (nSPS) is 17.1. The van der Waals surface area contributed by atoms with E-state index in [0.29, 0.717) is 24.5 Å². The minimum Gasteiger partial charge on any atom is -0.504 e. The third-order valence-electron chi connectivity index (χ3n) is 4.12. The topological polar surface area (TPSA) is 75.7 Å². The lowest BCUT2D eigenvalue weighted by Crippen LogP contribution is -2.30. The molecule has 4 N–H and O–H groups in total. The van der Waals surface area contributed by atoms with Crippen molar-refractivity contribution in [3.63, 3.8) is 0 Å². The van der Waals surface area contributed by atoms with Crippen LogP contribution in [0.4, 0.5) is 17.6 Å². The summed E-state index contributed by atoms with van der Waals surface area (Å²) in [5.41, 5.74) is 4.18. The summed E-state index contributed by atoms with van der Waals surface area (Å²) in [6.45, 7) is 0.170. The summed E-state index contributed by atoms with van der Waals surface area (Å²) in [7, 11) is 0. The van der Waals surface area contributed by atoms with Gasteiger partial charge in [-0.15, -0.1) is 0 Å². The lowest BCUT2D eigenvalue weighted by atomic mass is 9.92. The molecule has 25 heavy (non-hydrogen) atoms. The fourth-order valence-corrected chi connectivity index (χ4v) is 2.92. The molecular formula is C17H15F4NO3. The monoisotopic (exact) mass is 357 g/mol. The fraction of sp³-hybridized carbons (Fsp3) is 0.294. The molecule has 134 valence electrons. The number of benzene rings is 2. The molecule has 0 aromatic heterocycles. The second kappa shape index (κ2) is 6.11. The van der Waals surface area contributed by atoms with Gasteiger partial charge in [0.15, 0.2) is 11.5 Å². The van der Waals surface area contributed by atoms with Crippen molar-refractivity contribution < 1.29 is 32.5 Å². The van der Waals surface area contributed by atoms with Gasteiger partial charge >= 0.3 is 6.18 Å². The molecule has 1 aliphatic rings. The lowest BCUT2D eigenvalue weighted by Gasteiger charge is -2.28. The highest BCUT2D eigenvalue weighted by Crippen LogP contribution is 2.47. The molecule has 1 atom stereocenters. The summed E-state index contributed by atoms with van der Waals surface area (Å²) in [4.78, 5) is 0. The molecule has 0 radical (unpaired) electrons. The number of halogens is 4. The third-order valence-corrected chi connectivity index (χ3v) is 4.12. The van der Waals surface area contributed by atoms with Crippen LogP contribution in [-0.2, 0) is 12.6 Å². The van der Waals surface area contributed by atoms with Crippen molar-refractivity contribution in [2.45, 2.75) is 25.1 Å². The summed E-state index contributed by atoms with van der Waals surface area (Å²) in [6, 6.07) is 3.28. The van der Waals surface area contributed by atoms with Crippen LogP contribution < -0.4 is 10.5 Å². The molecule has 3 rings (SSSR count). The molecule has 0 fully saturated rings. The van der Waals surface area contributed by atoms with Gasteiger partial charge in [0.05, 0.1) is 5.56 Å². The van der Waals surface area contributed by atoms with Gasteiger partial charge < -0.3 is 20.7 Å². The first kappa shape index (κ1) is 17.3. The summed E-state index contributed by atoms with van der Waals surface area (Å²) in [5, 5.41) is 19.1. The van der Waals surface area contributed by atoms with E-state index >= 15 is 0 Å². The van der Waals surface area contributed by atoms with Crippen molar-refractivity contribution in [1.29, 1.82) is 0 Å². The van der Waals surface area contributed by atoms with Gasteiger partial charge in [-0.2, -0.15) is 13.2 Å². The zero-order chi connectivity index (χ0) is 18.4. The molecular weight excluding hydrogens is 342 g/mol. The lowest BCUT2D eigenvalue weighted by molar-refractivity contribution is -0.137. The number of alkyl halides is 3. The number of ether oxygens (including phenoxy) is 1. The molecule has 1 heterocycles. The van der Waals surface area contributed by atoms with E-state index in [-0.39, 0.29) is 17.9 Å². The Morgan fingerprint density at radius 1 is 1.08 bits per heavy atom. The van der Waals surface area contributed by atoms with Gasteiger partial charge in [0.2, 0.25) is 0 Å². The van der Waals surface area contributed by atoms with Crippen LogP contribution in [0.15, 0.2) is 24.3 Å². The molecule has 8 heteroatoms. The summed E-state index contributed by atoms with van der Waals surface area (Å²) in [5.74, 6) is -2.27. The van der Waals surface area contributed by atoms with E-state index in [9.17, 15) is 27.8 Å². The van der Waals surface area contributed by atoms with Crippen molar-refractivity contribution in [3.8, 4) is 28.4 Å². The average molecular weight is 357 g/mol. The van der Waals surface area contributed by atoms with E-state index in [0.717, 1.165) is 12.1 Å². The first-order valence-electron chi connectivity index (χ1n) is 7.53. The predicted octanol–water partition coefficient (Wildman–Crippen LogP) is 3.58. The zero-order valence-corrected chi connectivity index (χ0v) is 12.9. The maximum Gasteiger partial charge on any atom is 0.417 e. The van der Waals surface area contributed by atoms with Crippen molar-refractivity contribution in [2.75, 3.05) is 6.54 Å². The SMILES string of the molecule is NC[C@H]1CCc2cc(F)cc(-c3cc(O)c(O)cc3C(F)(F)F)c2O1. The van der Waals surface area contributed by atoms with Gasteiger partial charge in [-0.3, -0.25) is 0 Å². The first-order valence-corrected chi connectivity index (χ1v) is 7.53. The van der Waals surface area contributed by atoms with E-state index in [1.54, 1.807) is 0 Å². The maximum absolute atomic E-state index is 14.0. The number of hydrogen-bond donors (Lipinski definition) is 3. The third kappa shape index (κ3) is 3.21. The van der Waals surface area contributed by atoms with E-state index < -0.39 is 40.7 Å². The quantitative estimate of drug-likeness (QED) is 0.567. The van der Waals surface area contributed by atoms with E-state index in [1.165, 1.54) is 6.07 Å². The Morgan fingerprint density at radius 2 is 1.76 bits per heavy atom. The number of aryl methyl sites for hydroxylation is 1. The molecule has 0 spiro atoms. The van der Waals surface area contributed by atoms with Gasteiger partial charge in [-0.25, -0.2) is 4.39 Å². The van der Waals surface area contributed by atoms with Crippen LogP contribution in [0, 0.1) is 5.82 Å². The number of phenols is 2. The van der Waals surface area contributed by atoms with Crippen molar-refractivity contribution in [1.82, 2.24) is 0 Å². The largest absolute Gasteiger partial charge is 0.504 e. The molecule has 0 bridgehead atoms. The van der Waals surface area contributed by atoms with E-state index in [2.05, 4.69) is 0 Å². The van der Waals surface area contributed by atoms with Crippen LogP contribution in [0.2, 0.25) is 0 Å². The summed E-state index contributed by atoms with van der Waals surface area (Å²) in [6.07, 6.45) is -4.27. The van der Waals surface area contributed by atoms with Crippen LogP contribution in [0.25, 0.3) is 11.1 Å². The predicted molar refractivity (Wildman–Crippen MR) is 82.0 cm³/mol. The molecule has 0 saturated carbocycles. The molecule has 2 aromatic rings. The molecule has 4 nitrogen and oxygen atoms in total. The number of phenolic OH excluding ortho intramolecular Hbond substituents is 2. The molecule has 0 saturated heterocycles. The maximum atomic E-state index is 14.0. The molecule has 0 amide bonds. The Labute approximate surface area is 140 Å². The number of nitrogens with two attached hydrogens (primary N) is 1. The van der Waals surface area contributed by atoms with Crippen molar-refractivity contribution in [2.24, 2.45) is 5.73 Å².